The summed E-state index contributed by atoms with van der Waals surface area (Å²) < 4.78 is 5.22. The first kappa shape index (κ1) is 15.1. The van der Waals surface area contributed by atoms with Gasteiger partial charge in [0.15, 0.2) is 0 Å². The summed E-state index contributed by atoms with van der Waals surface area (Å²) in [6.07, 6.45) is 3.61. The number of hydrogen-bond acceptors (Lipinski definition) is 4. The second-order valence-electron chi connectivity index (χ2n) is 6.82. The van der Waals surface area contributed by atoms with Crippen molar-refractivity contribution in [1.82, 2.24) is 15.4 Å². The number of nitrogens with zero attached hydrogens (tertiary/aromatic N) is 2. The van der Waals surface area contributed by atoms with Crippen LogP contribution in [0.25, 0.3) is 0 Å². The molecule has 1 N–H and O–H groups in total. The molecule has 2 amide bonds. The van der Waals surface area contributed by atoms with Crippen LogP contribution in [0.1, 0.15) is 49.4 Å². The predicted octanol–water partition coefficient (Wildman–Crippen LogP) is 1.61. The fraction of sp³-hybridized carbons (Fsp3) is 0.688. The topological polar surface area (TPSA) is 75.4 Å². The Morgan fingerprint density at radius 2 is 2.27 bits per heavy atom. The van der Waals surface area contributed by atoms with Gasteiger partial charge in [0.2, 0.25) is 11.7 Å². The fourth-order valence-corrected chi connectivity index (χ4v) is 3.30. The minimum Gasteiger partial charge on any atom is -0.351 e. The van der Waals surface area contributed by atoms with Gasteiger partial charge in [0.05, 0.1) is 11.6 Å². The van der Waals surface area contributed by atoms with Crippen molar-refractivity contribution in [3.63, 3.8) is 0 Å². The number of nitrogens with one attached hydrogen (secondary N) is 1. The quantitative estimate of drug-likeness (QED) is 0.920. The number of amides is 2. The molecule has 120 valence electrons. The van der Waals surface area contributed by atoms with E-state index in [1.165, 1.54) is 0 Å². The van der Waals surface area contributed by atoms with Gasteiger partial charge in [-0.05, 0) is 25.2 Å². The van der Waals surface area contributed by atoms with Crippen molar-refractivity contribution in [2.24, 2.45) is 11.8 Å². The highest BCUT2D eigenvalue weighted by atomic mass is 16.5. The fourth-order valence-electron chi connectivity index (χ4n) is 3.30. The van der Waals surface area contributed by atoms with Crippen molar-refractivity contribution in [2.75, 3.05) is 13.1 Å². The van der Waals surface area contributed by atoms with Crippen LogP contribution < -0.4 is 5.32 Å². The van der Waals surface area contributed by atoms with E-state index in [4.69, 9.17) is 4.52 Å². The Hall–Kier alpha value is -1.85. The van der Waals surface area contributed by atoms with Crippen LogP contribution in [-0.2, 0) is 11.2 Å². The van der Waals surface area contributed by atoms with Crippen LogP contribution in [0.5, 0.6) is 0 Å². The molecule has 2 atom stereocenters. The Balaban J connectivity index is 1.74. The van der Waals surface area contributed by atoms with Gasteiger partial charge < -0.3 is 14.7 Å². The maximum atomic E-state index is 12.6. The zero-order valence-electron chi connectivity index (χ0n) is 13.2. The first-order chi connectivity index (χ1) is 10.5. The maximum Gasteiger partial charge on any atom is 0.292 e. The highest BCUT2D eigenvalue weighted by Gasteiger charge is 2.35. The van der Waals surface area contributed by atoms with E-state index in [-0.39, 0.29) is 29.5 Å². The normalized spacial score (nSPS) is 25.0. The molecular weight excluding hydrogens is 282 g/mol. The van der Waals surface area contributed by atoms with Gasteiger partial charge in [-0.25, -0.2) is 0 Å². The van der Waals surface area contributed by atoms with Crippen molar-refractivity contribution >= 4 is 11.8 Å². The lowest BCUT2D eigenvalue weighted by molar-refractivity contribution is -0.124. The Kier molecular flexibility index (Phi) is 4.18. The summed E-state index contributed by atoms with van der Waals surface area (Å²) >= 11 is 0. The molecule has 0 saturated carbocycles. The van der Waals surface area contributed by atoms with Gasteiger partial charge in [0.25, 0.3) is 5.91 Å². The standard InChI is InChI=1S/C16H23N3O3/c1-10(2)6-13-7-14(22-18-13)16(21)19-8-11-4-3-5-12(9-19)17-15(11)20/h7,10-12H,3-6,8-9H2,1-2H3,(H,17,20)/t11-,12-/m0/s1. The number of carbonyl (C=O) groups excluding carboxylic acids is 2. The first-order valence-electron chi connectivity index (χ1n) is 8.08. The highest BCUT2D eigenvalue weighted by Crippen LogP contribution is 2.23. The molecule has 6 heteroatoms. The third-order valence-electron chi connectivity index (χ3n) is 4.38. The molecule has 2 saturated heterocycles. The Morgan fingerprint density at radius 1 is 1.45 bits per heavy atom. The number of likely N-dealkylation sites (tertiary alicyclic amines) is 1. The van der Waals surface area contributed by atoms with Gasteiger partial charge in [0, 0.05) is 25.2 Å². The van der Waals surface area contributed by atoms with Crippen LogP contribution in [-0.4, -0.2) is 41.0 Å². The average Bonchev–Trinajstić information content (AvgIpc) is 2.73. The second-order valence-corrected chi connectivity index (χ2v) is 6.82. The van der Waals surface area contributed by atoms with E-state index in [9.17, 15) is 9.59 Å². The molecule has 2 aliphatic heterocycles. The Morgan fingerprint density at radius 3 is 3.05 bits per heavy atom. The molecule has 1 aromatic heterocycles. The SMILES string of the molecule is CC(C)Cc1cc(C(=O)N2C[C@@H]3CCC[C@@H](C2)C(=O)N3)on1. The molecule has 2 fully saturated rings. The lowest BCUT2D eigenvalue weighted by atomic mass is 9.99. The molecular formula is C16H23N3O3. The predicted molar refractivity (Wildman–Crippen MR) is 80.2 cm³/mol. The van der Waals surface area contributed by atoms with Gasteiger partial charge in [-0.3, -0.25) is 9.59 Å². The third kappa shape index (κ3) is 3.15. The average molecular weight is 305 g/mol. The molecule has 1 aromatic rings. The lowest BCUT2D eigenvalue weighted by Gasteiger charge is -2.26. The molecule has 0 unspecified atom stereocenters. The third-order valence-corrected chi connectivity index (χ3v) is 4.38. The van der Waals surface area contributed by atoms with E-state index in [0.717, 1.165) is 31.4 Å². The molecule has 3 rings (SSSR count). The number of hydrogen-bond donors (Lipinski definition) is 1. The van der Waals surface area contributed by atoms with Crippen LogP contribution in [0.3, 0.4) is 0 Å². The van der Waals surface area contributed by atoms with Gasteiger partial charge in [-0.15, -0.1) is 0 Å². The summed E-state index contributed by atoms with van der Waals surface area (Å²) in [7, 11) is 0. The molecule has 2 bridgehead atoms. The van der Waals surface area contributed by atoms with E-state index in [0.29, 0.717) is 19.0 Å². The van der Waals surface area contributed by atoms with E-state index < -0.39 is 0 Å². The number of carbonyl (C=O) groups is 2. The minimum absolute atomic E-state index is 0.0574. The van der Waals surface area contributed by atoms with Gasteiger partial charge in [-0.1, -0.05) is 25.4 Å². The Bertz CT molecular complexity index is 567. The summed E-state index contributed by atoms with van der Waals surface area (Å²) in [5.41, 5.74) is 0.808. The summed E-state index contributed by atoms with van der Waals surface area (Å²) in [6.45, 7) is 5.23. The summed E-state index contributed by atoms with van der Waals surface area (Å²) in [4.78, 5) is 26.4. The molecule has 0 radical (unpaired) electrons. The van der Waals surface area contributed by atoms with Crippen molar-refractivity contribution < 1.29 is 14.1 Å². The summed E-state index contributed by atoms with van der Waals surface area (Å²) in [5.74, 6) is 0.566. The second kappa shape index (κ2) is 6.10. The van der Waals surface area contributed by atoms with Gasteiger partial charge in [-0.2, -0.15) is 0 Å². The monoisotopic (exact) mass is 305 g/mol. The number of fused-ring (bicyclic) bond motifs is 3. The van der Waals surface area contributed by atoms with E-state index in [1.807, 2.05) is 0 Å². The van der Waals surface area contributed by atoms with Crippen molar-refractivity contribution in [3.8, 4) is 0 Å². The minimum atomic E-state index is -0.157. The smallest absolute Gasteiger partial charge is 0.292 e. The van der Waals surface area contributed by atoms with E-state index >= 15 is 0 Å². The molecule has 3 heterocycles. The molecule has 0 aliphatic carbocycles. The van der Waals surface area contributed by atoms with Gasteiger partial charge >= 0.3 is 0 Å². The molecule has 2 aliphatic rings. The van der Waals surface area contributed by atoms with E-state index in [1.54, 1.807) is 11.0 Å². The van der Waals surface area contributed by atoms with Crippen LogP contribution in [0, 0.1) is 11.8 Å². The zero-order chi connectivity index (χ0) is 15.7. The Labute approximate surface area is 130 Å². The lowest BCUT2D eigenvalue weighted by Crippen LogP contribution is -2.41. The van der Waals surface area contributed by atoms with Crippen LogP contribution in [0.4, 0.5) is 0 Å². The molecule has 0 aromatic carbocycles. The highest BCUT2D eigenvalue weighted by molar-refractivity contribution is 5.92. The van der Waals surface area contributed by atoms with Crippen molar-refractivity contribution in [3.05, 3.63) is 17.5 Å². The van der Waals surface area contributed by atoms with Crippen LogP contribution >= 0.6 is 0 Å². The van der Waals surface area contributed by atoms with Gasteiger partial charge in [0.1, 0.15) is 0 Å². The molecule has 6 nitrogen and oxygen atoms in total. The van der Waals surface area contributed by atoms with Crippen molar-refractivity contribution in [1.29, 1.82) is 0 Å². The molecule has 22 heavy (non-hydrogen) atoms. The summed E-state index contributed by atoms with van der Waals surface area (Å²) in [6, 6.07) is 1.79. The first-order valence-corrected chi connectivity index (χ1v) is 8.08. The summed E-state index contributed by atoms with van der Waals surface area (Å²) in [5, 5.41) is 7.01. The number of rotatable bonds is 3. The zero-order valence-corrected chi connectivity index (χ0v) is 13.2. The van der Waals surface area contributed by atoms with Crippen LogP contribution in [0.2, 0.25) is 0 Å². The maximum absolute atomic E-state index is 12.6. The largest absolute Gasteiger partial charge is 0.351 e. The van der Waals surface area contributed by atoms with E-state index in [2.05, 4.69) is 24.3 Å². The molecule has 0 spiro atoms. The van der Waals surface area contributed by atoms with Crippen LogP contribution in [0.15, 0.2) is 10.6 Å². The van der Waals surface area contributed by atoms with Crippen molar-refractivity contribution in [2.45, 2.75) is 45.6 Å². The number of aromatic nitrogens is 1.